The highest BCUT2D eigenvalue weighted by molar-refractivity contribution is 5.80. The van der Waals surface area contributed by atoms with Gasteiger partial charge in [-0.1, -0.05) is 31.6 Å². The van der Waals surface area contributed by atoms with E-state index in [-0.39, 0.29) is 11.1 Å². The van der Waals surface area contributed by atoms with Crippen molar-refractivity contribution in [2.24, 2.45) is 7.05 Å². The van der Waals surface area contributed by atoms with Gasteiger partial charge in [-0.3, -0.25) is 9.36 Å². The van der Waals surface area contributed by atoms with Crippen molar-refractivity contribution < 1.29 is 9.13 Å². The predicted molar refractivity (Wildman–Crippen MR) is 143 cm³/mol. The van der Waals surface area contributed by atoms with Crippen LogP contribution in [0, 0.1) is 11.3 Å². The lowest BCUT2D eigenvalue weighted by molar-refractivity contribution is 0.415. The highest BCUT2D eigenvalue weighted by atomic mass is 19.1. The molecule has 190 valence electrons. The third-order valence-electron chi connectivity index (χ3n) is 6.44. The molecule has 8 heteroatoms. The second kappa shape index (κ2) is 12.3. The molecule has 1 aromatic heterocycles. The van der Waals surface area contributed by atoms with Gasteiger partial charge in [0.05, 0.1) is 23.9 Å². The van der Waals surface area contributed by atoms with Crippen molar-refractivity contribution >= 4 is 11.5 Å². The van der Waals surface area contributed by atoms with Gasteiger partial charge < -0.3 is 15.0 Å². The van der Waals surface area contributed by atoms with Crippen LogP contribution in [0.4, 0.5) is 10.3 Å². The first-order valence-corrected chi connectivity index (χ1v) is 12.1. The monoisotopic (exact) mass is 491 g/mol. The minimum Gasteiger partial charge on any atom is -0.497 e. The number of hydrogen-bond acceptors (Lipinski definition) is 6. The van der Waals surface area contributed by atoms with Crippen LogP contribution in [-0.4, -0.2) is 42.8 Å². The third kappa shape index (κ3) is 6.10. The Morgan fingerprint density at radius 2 is 2.08 bits per heavy atom. The zero-order valence-electron chi connectivity index (χ0n) is 21.5. The van der Waals surface area contributed by atoms with Gasteiger partial charge in [-0.05, 0) is 61.7 Å². The summed E-state index contributed by atoms with van der Waals surface area (Å²) in [6.07, 6.45) is 6.99. The Balaban J connectivity index is 2.16. The van der Waals surface area contributed by atoms with Crippen molar-refractivity contribution in [3.05, 3.63) is 70.4 Å². The summed E-state index contributed by atoms with van der Waals surface area (Å²) >= 11 is 0. The number of aromatic nitrogens is 2. The van der Waals surface area contributed by atoms with Crippen LogP contribution in [0.5, 0.6) is 5.75 Å². The second-order valence-electron chi connectivity index (χ2n) is 9.01. The molecule has 1 aliphatic heterocycles. The Morgan fingerprint density at radius 3 is 2.72 bits per heavy atom. The van der Waals surface area contributed by atoms with Gasteiger partial charge in [0.15, 0.2) is 0 Å². The molecule has 0 aliphatic carbocycles. The van der Waals surface area contributed by atoms with Crippen molar-refractivity contribution in [3.8, 4) is 22.9 Å². The standard InChI is InChI=1S/C28H34FN5O2/c1-6-20(17-30)24(29)16-19(2)26-25(21-11-13-23(36-5)14-12-21)27(35)34(4)28(32-26)33(3)18-22-10-8-7-9-15-31-22/h6,11-14,16,22,31H,1,7-10,15,18H2,2-5H3/b19-16+,24-20-. The molecule has 0 saturated carbocycles. The summed E-state index contributed by atoms with van der Waals surface area (Å²) in [6, 6.07) is 9.18. The molecule has 0 bridgehead atoms. The lowest BCUT2D eigenvalue weighted by Crippen LogP contribution is -2.41. The van der Waals surface area contributed by atoms with Crippen LogP contribution in [0.25, 0.3) is 16.7 Å². The van der Waals surface area contributed by atoms with Gasteiger partial charge in [0.1, 0.15) is 17.6 Å². The molecule has 0 radical (unpaired) electrons. The molecule has 1 atom stereocenters. The summed E-state index contributed by atoms with van der Waals surface area (Å²) < 4.78 is 21.6. The van der Waals surface area contributed by atoms with E-state index in [9.17, 15) is 14.4 Å². The smallest absolute Gasteiger partial charge is 0.263 e. The van der Waals surface area contributed by atoms with Crippen LogP contribution in [-0.2, 0) is 7.05 Å². The van der Waals surface area contributed by atoms with E-state index in [2.05, 4.69) is 11.9 Å². The fourth-order valence-corrected chi connectivity index (χ4v) is 4.44. The van der Waals surface area contributed by atoms with E-state index in [1.807, 2.05) is 11.9 Å². The van der Waals surface area contributed by atoms with E-state index in [1.165, 1.54) is 23.1 Å². The summed E-state index contributed by atoms with van der Waals surface area (Å²) in [7, 11) is 5.18. The van der Waals surface area contributed by atoms with Gasteiger partial charge in [-0.2, -0.15) is 5.26 Å². The van der Waals surface area contributed by atoms with Crippen LogP contribution in [0.2, 0.25) is 0 Å². The summed E-state index contributed by atoms with van der Waals surface area (Å²) in [5, 5.41) is 12.8. The Bertz CT molecular complexity index is 1250. The zero-order valence-corrected chi connectivity index (χ0v) is 21.5. The molecule has 1 saturated heterocycles. The van der Waals surface area contributed by atoms with Crippen LogP contribution in [0.3, 0.4) is 0 Å². The number of nitrogens with zero attached hydrogens (tertiary/aromatic N) is 4. The molecular formula is C28H34FN5O2. The van der Waals surface area contributed by atoms with Gasteiger partial charge in [0.2, 0.25) is 5.95 Å². The molecule has 2 aromatic rings. The number of allylic oxidation sites excluding steroid dienone is 5. The van der Waals surface area contributed by atoms with Crippen LogP contribution < -0.4 is 20.5 Å². The van der Waals surface area contributed by atoms with Crippen molar-refractivity contribution in [2.75, 3.05) is 32.1 Å². The van der Waals surface area contributed by atoms with Gasteiger partial charge in [0.25, 0.3) is 5.56 Å². The molecule has 1 unspecified atom stereocenters. The minimum atomic E-state index is -0.731. The maximum absolute atomic E-state index is 14.8. The van der Waals surface area contributed by atoms with Gasteiger partial charge in [0, 0.05) is 26.7 Å². The molecule has 1 N–H and O–H groups in total. The minimum absolute atomic E-state index is 0.180. The van der Waals surface area contributed by atoms with Crippen molar-refractivity contribution in [2.45, 2.75) is 38.6 Å². The number of nitrogens with one attached hydrogen (secondary N) is 1. The summed E-state index contributed by atoms with van der Waals surface area (Å²) in [5.74, 6) is 0.411. The van der Waals surface area contributed by atoms with Crippen molar-refractivity contribution in [3.63, 3.8) is 0 Å². The topological polar surface area (TPSA) is 83.2 Å². The average molecular weight is 492 g/mol. The van der Waals surface area contributed by atoms with Crippen molar-refractivity contribution in [1.29, 1.82) is 5.26 Å². The number of ether oxygens (including phenoxy) is 1. The van der Waals surface area contributed by atoms with Crippen molar-refractivity contribution in [1.82, 2.24) is 14.9 Å². The summed E-state index contributed by atoms with van der Waals surface area (Å²) in [6.45, 7) is 6.84. The van der Waals surface area contributed by atoms with Gasteiger partial charge >= 0.3 is 0 Å². The SMILES string of the molecule is C=C/C(C#N)=C(F)\C=C(/C)c1nc(N(C)CC2CCCCCN2)n(C)c(=O)c1-c1ccc(OC)cc1. The maximum atomic E-state index is 14.8. The first-order chi connectivity index (χ1) is 17.3. The first kappa shape index (κ1) is 26.9. The molecule has 7 nitrogen and oxygen atoms in total. The summed E-state index contributed by atoms with van der Waals surface area (Å²) in [5.41, 5.74) is 1.34. The number of hydrogen-bond donors (Lipinski definition) is 1. The summed E-state index contributed by atoms with van der Waals surface area (Å²) in [4.78, 5) is 20.5. The highest BCUT2D eigenvalue weighted by Crippen LogP contribution is 2.29. The van der Waals surface area contributed by atoms with E-state index in [4.69, 9.17) is 9.72 Å². The molecule has 0 amide bonds. The fourth-order valence-electron chi connectivity index (χ4n) is 4.44. The second-order valence-corrected chi connectivity index (χ2v) is 9.01. The number of anilines is 1. The Morgan fingerprint density at radius 1 is 1.36 bits per heavy atom. The van der Waals surface area contributed by atoms with E-state index in [0.29, 0.717) is 46.7 Å². The Kier molecular flexibility index (Phi) is 9.20. The number of methoxy groups -OCH3 is 1. The van der Waals surface area contributed by atoms with Gasteiger partial charge in [-0.15, -0.1) is 0 Å². The van der Waals surface area contributed by atoms with Crippen LogP contribution in [0.15, 0.2) is 59.2 Å². The molecule has 3 rings (SSSR count). The molecule has 2 heterocycles. The van der Waals surface area contributed by atoms with E-state index in [0.717, 1.165) is 25.8 Å². The molecular weight excluding hydrogens is 457 g/mol. The van der Waals surface area contributed by atoms with Gasteiger partial charge in [-0.25, -0.2) is 9.37 Å². The van der Waals surface area contributed by atoms with E-state index < -0.39 is 5.83 Å². The fraction of sp³-hybridized carbons (Fsp3) is 0.393. The Labute approximate surface area is 212 Å². The number of rotatable bonds is 8. The highest BCUT2D eigenvalue weighted by Gasteiger charge is 2.22. The zero-order chi connectivity index (χ0) is 26.2. The molecule has 1 aromatic carbocycles. The molecule has 1 aliphatic rings. The lowest BCUT2D eigenvalue weighted by Gasteiger charge is -2.27. The first-order valence-electron chi connectivity index (χ1n) is 12.1. The number of halogens is 1. The maximum Gasteiger partial charge on any atom is 0.263 e. The molecule has 1 fully saturated rings. The molecule has 0 spiro atoms. The van der Waals surface area contributed by atoms with E-state index >= 15 is 0 Å². The molecule has 36 heavy (non-hydrogen) atoms. The quantitative estimate of drug-likeness (QED) is 0.423. The number of nitriles is 1. The van der Waals surface area contributed by atoms with Crippen LogP contribution in [0.1, 0.15) is 38.3 Å². The number of likely N-dealkylation sites (N-methyl/N-ethyl adjacent to an activating group) is 1. The predicted octanol–water partition coefficient (Wildman–Crippen LogP) is 4.76. The normalized spacial score (nSPS) is 17.0. The van der Waals surface area contributed by atoms with Crippen LogP contribution >= 0.6 is 0 Å². The Hall–Kier alpha value is -3.70. The van der Waals surface area contributed by atoms with E-state index in [1.54, 1.807) is 51.4 Å². The average Bonchev–Trinajstić information content (AvgIpc) is 3.14. The largest absolute Gasteiger partial charge is 0.497 e. The number of benzene rings is 1. The third-order valence-corrected chi connectivity index (χ3v) is 6.44. The lowest BCUT2D eigenvalue weighted by atomic mass is 10.00.